The minimum atomic E-state index is -0.323. The Morgan fingerprint density at radius 3 is 2.64 bits per heavy atom. The van der Waals surface area contributed by atoms with Gasteiger partial charge in [-0.3, -0.25) is 10.1 Å². The van der Waals surface area contributed by atoms with Crippen LogP contribution in [-0.2, 0) is 5.41 Å². The number of thiazole rings is 1. The van der Waals surface area contributed by atoms with Crippen molar-refractivity contribution < 1.29 is 4.79 Å². The lowest BCUT2D eigenvalue weighted by Gasteiger charge is -2.14. The predicted molar refractivity (Wildman–Crippen MR) is 111 cm³/mol. The Labute approximate surface area is 164 Å². The Morgan fingerprint density at radius 1 is 1.28 bits per heavy atom. The van der Waals surface area contributed by atoms with Gasteiger partial charge in [-0.25, -0.2) is 4.98 Å². The summed E-state index contributed by atoms with van der Waals surface area (Å²) in [5.74, 6) is -0.323. The molecule has 3 aromatic rings. The first kappa shape index (κ1) is 18.3. The number of fused-ring (bicyclic) bond motifs is 1. The molecule has 0 radical (unpaired) electrons. The Bertz CT molecular complexity index is 956. The standard InChI is InChI=1S/C17H16ClN3OS3/c1-17(2,3)11-8-24-16(19-11)21-15(23)20-14(22)13-12(18)9-6-4-5-7-10(9)25-13/h4-8H,1-3H3,(H2,19,20,21,22,23). The molecule has 130 valence electrons. The van der Waals surface area contributed by atoms with Gasteiger partial charge in [0.25, 0.3) is 5.91 Å². The van der Waals surface area contributed by atoms with E-state index < -0.39 is 0 Å². The molecule has 0 saturated heterocycles. The molecule has 4 nitrogen and oxygen atoms in total. The second kappa shape index (κ2) is 6.99. The number of hydrogen-bond donors (Lipinski definition) is 2. The van der Waals surface area contributed by atoms with Crippen molar-refractivity contribution in [1.29, 1.82) is 0 Å². The molecule has 25 heavy (non-hydrogen) atoms. The van der Waals surface area contributed by atoms with E-state index in [0.29, 0.717) is 15.0 Å². The lowest BCUT2D eigenvalue weighted by molar-refractivity contribution is 0.0982. The van der Waals surface area contributed by atoms with Crippen molar-refractivity contribution in [3.05, 3.63) is 45.2 Å². The highest BCUT2D eigenvalue weighted by atomic mass is 35.5. The number of rotatable bonds is 2. The monoisotopic (exact) mass is 409 g/mol. The number of carbonyl (C=O) groups excluding carboxylic acids is 1. The van der Waals surface area contributed by atoms with Gasteiger partial charge in [-0.2, -0.15) is 0 Å². The van der Waals surface area contributed by atoms with Crippen LogP contribution >= 0.6 is 46.5 Å². The van der Waals surface area contributed by atoms with Gasteiger partial charge in [0.05, 0.1) is 10.7 Å². The molecule has 2 heterocycles. The van der Waals surface area contributed by atoms with Crippen molar-refractivity contribution in [3.8, 4) is 0 Å². The van der Waals surface area contributed by atoms with Crippen LogP contribution in [0.15, 0.2) is 29.6 Å². The van der Waals surface area contributed by atoms with E-state index in [1.165, 1.54) is 22.7 Å². The zero-order valence-electron chi connectivity index (χ0n) is 13.8. The zero-order valence-corrected chi connectivity index (χ0v) is 17.1. The summed E-state index contributed by atoms with van der Waals surface area (Å²) in [7, 11) is 0. The van der Waals surface area contributed by atoms with E-state index >= 15 is 0 Å². The molecule has 3 rings (SSSR count). The highest BCUT2D eigenvalue weighted by Crippen LogP contribution is 2.35. The lowest BCUT2D eigenvalue weighted by Crippen LogP contribution is -2.33. The number of thiocarbonyl (C=S) groups is 1. The van der Waals surface area contributed by atoms with Gasteiger partial charge in [-0.15, -0.1) is 22.7 Å². The van der Waals surface area contributed by atoms with Crippen LogP contribution in [0.25, 0.3) is 10.1 Å². The van der Waals surface area contributed by atoms with E-state index in [1.807, 2.05) is 29.6 Å². The minimum Gasteiger partial charge on any atom is -0.308 e. The largest absolute Gasteiger partial charge is 0.308 e. The summed E-state index contributed by atoms with van der Waals surface area (Å²) in [4.78, 5) is 17.4. The highest BCUT2D eigenvalue weighted by Gasteiger charge is 2.20. The molecule has 0 aliphatic carbocycles. The number of halogens is 1. The fourth-order valence-electron chi connectivity index (χ4n) is 2.12. The maximum atomic E-state index is 12.5. The molecule has 8 heteroatoms. The maximum Gasteiger partial charge on any atom is 0.269 e. The van der Waals surface area contributed by atoms with Crippen molar-refractivity contribution in [3.63, 3.8) is 0 Å². The lowest BCUT2D eigenvalue weighted by atomic mass is 9.93. The van der Waals surface area contributed by atoms with Crippen LogP contribution in [0.2, 0.25) is 5.02 Å². The van der Waals surface area contributed by atoms with Crippen LogP contribution in [0.1, 0.15) is 36.1 Å². The van der Waals surface area contributed by atoms with Crippen LogP contribution in [0.4, 0.5) is 5.13 Å². The second-order valence-corrected chi connectivity index (χ2v) is 9.13. The quantitative estimate of drug-likeness (QED) is 0.553. The van der Waals surface area contributed by atoms with E-state index in [-0.39, 0.29) is 16.4 Å². The van der Waals surface area contributed by atoms with Crippen molar-refractivity contribution in [1.82, 2.24) is 10.3 Å². The molecule has 0 aliphatic heterocycles. The molecule has 2 N–H and O–H groups in total. The summed E-state index contributed by atoms with van der Waals surface area (Å²) < 4.78 is 0.964. The number of hydrogen-bond acceptors (Lipinski definition) is 5. The van der Waals surface area contributed by atoms with Crippen LogP contribution in [-0.4, -0.2) is 16.0 Å². The Kier molecular flexibility index (Phi) is 5.11. The SMILES string of the molecule is CC(C)(C)c1csc(NC(=S)NC(=O)c2sc3ccccc3c2Cl)n1. The highest BCUT2D eigenvalue weighted by molar-refractivity contribution is 7.80. The average Bonchev–Trinajstić information content (AvgIpc) is 3.12. The normalized spacial score (nSPS) is 11.5. The first-order chi connectivity index (χ1) is 11.8. The van der Waals surface area contributed by atoms with Crippen LogP contribution in [0.5, 0.6) is 0 Å². The van der Waals surface area contributed by atoms with E-state index in [0.717, 1.165) is 15.8 Å². The molecular formula is C17H16ClN3OS3. The zero-order chi connectivity index (χ0) is 18.2. The maximum absolute atomic E-state index is 12.5. The molecule has 0 bridgehead atoms. The number of anilines is 1. The number of aromatic nitrogens is 1. The average molecular weight is 410 g/mol. The Balaban J connectivity index is 1.71. The fourth-order valence-corrected chi connectivity index (χ4v) is 4.73. The summed E-state index contributed by atoms with van der Waals surface area (Å²) in [6.07, 6.45) is 0. The minimum absolute atomic E-state index is 0.0358. The van der Waals surface area contributed by atoms with Gasteiger partial charge in [-0.1, -0.05) is 50.6 Å². The van der Waals surface area contributed by atoms with E-state index in [4.69, 9.17) is 23.8 Å². The van der Waals surface area contributed by atoms with Gasteiger partial charge in [0.15, 0.2) is 10.2 Å². The number of benzene rings is 1. The van der Waals surface area contributed by atoms with Crippen LogP contribution in [0, 0.1) is 0 Å². The van der Waals surface area contributed by atoms with Gasteiger partial charge in [-0.05, 0) is 18.3 Å². The molecule has 0 fully saturated rings. The van der Waals surface area contributed by atoms with Crippen molar-refractivity contribution in [2.45, 2.75) is 26.2 Å². The summed E-state index contributed by atoms with van der Waals surface area (Å²) in [5, 5.41) is 9.78. The van der Waals surface area contributed by atoms with Crippen LogP contribution in [0.3, 0.4) is 0 Å². The predicted octanol–water partition coefficient (Wildman–Crippen LogP) is 5.44. The summed E-state index contributed by atoms with van der Waals surface area (Å²) in [5.41, 5.74) is 0.938. The van der Waals surface area contributed by atoms with E-state index in [1.54, 1.807) is 0 Å². The molecule has 0 atom stereocenters. The van der Waals surface area contributed by atoms with Crippen molar-refractivity contribution in [2.75, 3.05) is 5.32 Å². The number of thiophene rings is 1. The van der Waals surface area contributed by atoms with Gasteiger partial charge in [0.2, 0.25) is 0 Å². The molecule has 0 unspecified atom stereocenters. The topological polar surface area (TPSA) is 54.0 Å². The van der Waals surface area contributed by atoms with Crippen molar-refractivity contribution >= 4 is 72.7 Å². The molecule has 0 aliphatic rings. The van der Waals surface area contributed by atoms with Gasteiger partial charge in [0.1, 0.15) is 4.88 Å². The molecule has 1 amide bonds. The molecule has 0 spiro atoms. The molecule has 1 aromatic carbocycles. The summed E-state index contributed by atoms with van der Waals surface area (Å²) in [6.45, 7) is 6.28. The van der Waals surface area contributed by atoms with Gasteiger partial charge in [0, 0.05) is 20.9 Å². The number of nitrogens with one attached hydrogen (secondary N) is 2. The third-order valence-corrected chi connectivity index (χ3v) is 6.10. The summed E-state index contributed by atoms with van der Waals surface area (Å²) >= 11 is 14.3. The van der Waals surface area contributed by atoms with Crippen LogP contribution < -0.4 is 10.6 Å². The third-order valence-electron chi connectivity index (χ3n) is 3.46. The fraction of sp³-hybridized carbons (Fsp3) is 0.235. The molecular weight excluding hydrogens is 394 g/mol. The molecule has 0 saturated carbocycles. The number of amides is 1. The number of carbonyl (C=O) groups is 1. The smallest absolute Gasteiger partial charge is 0.269 e. The molecule has 2 aromatic heterocycles. The second-order valence-electron chi connectivity index (χ2n) is 6.44. The van der Waals surface area contributed by atoms with Gasteiger partial charge < -0.3 is 5.32 Å². The van der Waals surface area contributed by atoms with Gasteiger partial charge >= 0.3 is 0 Å². The van der Waals surface area contributed by atoms with Crippen molar-refractivity contribution in [2.24, 2.45) is 0 Å². The summed E-state index contributed by atoms with van der Waals surface area (Å²) in [6, 6.07) is 7.64. The van der Waals surface area contributed by atoms with E-state index in [2.05, 4.69) is 36.4 Å². The van der Waals surface area contributed by atoms with E-state index in [9.17, 15) is 4.79 Å². The third kappa shape index (κ3) is 4.00. The first-order valence-corrected chi connectivity index (χ1v) is 9.99. The Morgan fingerprint density at radius 2 is 2.00 bits per heavy atom. The Hall–Kier alpha value is -1.54. The first-order valence-electron chi connectivity index (χ1n) is 7.51. The number of nitrogens with zero attached hydrogens (tertiary/aromatic N) is 1.